The van der Waals surface area contributed by atoms with Gasteiger partial charge in [0.15, 0.2) is 6.10 Å². The molecular formula is C43H74NO8P. The summed E-state index contributed by atoms with van der Waals surface area (Å²) in [5, 5.41) is 0. The van der Waals surface area contributed by atoms with Crippen LogP contribution in [0.2, 0.25) is 0 Å². The molecule has 53 heavy (non-hydrogen) atoms. The van der Waals surface area contributed by atoms with E-state index in [1.807, 2.05) is 0 Å². The second-order valence-electron chi connectivity index (χ2n) is 13.1. The molecular weight excluding hydrogens is 689 g/mol. The van der Waals surface area contributed by atoms with Gasteiger partial charge in [-0.25, -0.2) is 4.57 Å². The van der Waals surface area contributed by atoms with E-state index in [9.17, 15) is 19.0 Å². The molecule has 0 saturated carbocycles. The van der Waals surface area contributed by atoms with E-state index < -0.39 is 32.5 Å². The minimum atomic E-state index is -4.39. The van der Waals surface area contributed by atoms with Crippen molar-refractivity contribution in [3.8, 4) is 0 Å². The van der Waals surface area contributed by atoms with Crippen molar-refractivity contribution in [1.82, 2.24) is 0 Å². The normalized spacial score (nSPS) is 14.1. The van der Waals surface area contributed by atoms with Gasteiger partial charge in [-0.2, -0.15) is 0 Å². The van der Waals surface area contributed by atoms with Gasteiger partial charge in [-0.3, -0.25) is 18.6 Å². The van der Waals surface area contributed by atoms with Gasteiger partial charge in [0.1, 0.15) is 6.61 Å². The van der Waals surface area contributed by atoms with Gasteiger partial charge in [-0.1, -0.05) is 132 Å². The highest BCUT2D eigenvalue weighted by molar-refractivity contribution is 7.47. The number of carbonyl (C=O) groups excluding carboxylic acids is 2. The number of phosphoric acid groups is 1. The molecule has 0 radical (unpaired) electrons. The Kier molecular flexibility index (Phi) is 37.3. The topological polar surface area (TPSA) is 134 Å². The molecule has 0 rings (SSSR count). The van der Waals surface area contributed by atoms with E-state index in [0.717, 1.165) is 70.6 Å². The largest absolute Gasteiger partial charge is 0.472 e. The molecule has 0 aromatic heterocycles. The summed E-state index contributed by atoms with van der Waals surface area (Å²) in [6.45, 7) is 3.51. The first-order valence-electron chi connectivity index (χ1n) is 20.4. The maximum atomic E-state index is 12.5. The van der Waals surface area contributed by atoms with Crippen molar-refractivity contribution in [2.24, 2.45) is 5.73 Å². The first-order valence-corrected chi connectivity index (χ1v) is 21.9. The van der Waals surface area contributed by atoms with E-state index in [1.165, 1.54) is 44.9 Å². The van der Waals surface area contributed by atoms with Crippen molar-refractivity contribution in [2.45, 2.75) is 161 Å². The fraction of sp³-hybridized carbons (Fsp3) is 0.674. The molecule has 1 unspecified atom stereocenters. The van der Waals surface area contributed by atoms with Gasteiger partial charge in [0.25, 0.3) is 0 Å². The standard InChI is InChI=1S/C43H74NO8P/c1-3-5-7-9-11-13-15-17-19-20-22-23-25-27-29-31-33-35-42(45)49-39-41(40-51-53(47,48)50-38-37-44)52-43(46)36-34-32-30-28-26-24-21-18-16-14-12-10-8-6-4-2/h6,8,11-14,17-19,21,26,28,41H,3-5,7,9-10,15-16,20,22-25,27,29-40,44H2,1-2H3,(H,47,48)/t41-/m1/s1. The Hall–Kier alpha value is -2.55. The van der Waals surface area contributed by atoms with Gasteiger partial charge in [0.05, 0.1) is 13.2 Å². The zero-order chi connectivity index (χ0) is 38.9. The Balaban J connectivity index is 4.27. The summed E-state index contributed by atoms with van der Waals surface area (Å²) in [5.41, 5.74) is 5.33. The molecule has 0 aliphatic rings. The monoisotopic (exact) mass is 764 g/mol. The van der Waals surface area contributed by atoms with E-state index in [1.54, 1.807) is 0 Å². The number of ether oxygens (including phenoxy) is 2. The molecule has 0 bridgehead atoms. The van der Waals surface area contributed by atoms with Crippen LogP contribution in [0, 0.1) is 0 Å². The molecule has 0 aliphatic carbocycles. The van der Waals surface area contributed by atoms with Crippen molar-refractivity contribution in [2.75, 3.05) is 26.4 Å². The molecule has 0 amide bonds. The number of allylic oxidation sites excluding steroid dienone is 12. The van der Waals surface area contributed by atoms with Crippen LogP contribution in [0.4, 0.5) is 0 Å². The van der Waals surface area contributed by atoms with Crippen LogP contribution in [0.1, 0.15) is 155 Å². The van der Waals surface area contributed by atoms with E-state index in [0.29, 0.717) is 12.8 Å². The Bertz CT molecular complexity index is 1100. The van der Waals surface area contributed by atoms with Crippen LogP contribution in [-0.2, 0) is 32.7 Å². The lowest BCUT2D eigenvalue weighted by Gasteiger charge is -2.19. The summed E-state index contributed by atoms with van der Waals surface area (Å²) < 4.78 is 32.7. The molecule has 3 N–H and O–H groups in total. The minimum absolute atomic E-state index is 0.0417. The third-order valence-electron chi connectivity index (χ3n) is 8.08. The number of hydrogen-bond acceptors (Lipinski definition) is 8. The Morgan fingerprint density at radius 1 is 0.585 bits per heavy atom. The van der Waals surface area contributed by atoms with Crippen LogP contribution in [0.15, 0.2) is 72.9 Å². The third kappa shape index (κ3) is 39.0. The second kappa shape index (κ2) is 39.2. The molecule has 0 aromatic carbocycles. The van der Waals surface area contributed by atoms with Gasteiger partial charge in [0.2, 0.25) is 0 Å². The number of rotatable bonds is 37. The highest BCUT2D eigenvalue weighted by atomic mass is 31.2. The zero-order valence-corrected chi connectivity index (χ0v) is 34.1. The maximum Gasteiger partial charge on any atom is 0.472 e. The molecule has 304 valence electrons. The zero-order valence-electron chi connectivity index (χ0n) is 33.2. The van der Waals surface area contributed by atoms with Gasteiger partial charge in [-0.05, 0) is 83.5 Å². The third-order valence-corrected chi connectivity index (χ3v) is 9.06. The van der Waals surface area contributed by atoms with Gasteiger partial charge >= 0.3 is 19.8 Å². The van der Waals surface area contributed by atoms with Crippen LogP contribution in [-0.4, -0.2) is 49.3 Å². The molecule has 0 aromatic rings. The van der Waals surface area contributed by atoms with Crippen LogP contribution in [0.3, 0.4) is 0 Å². The second-order valence-corrected chi connectivity index (χ2v) is 14.6. The summed E-state index contributed by atoms with van der Waals surface area (Å²) in [7, 11) is -4.39. The fourth-order valence-electron chi connectivity index (χ4n) is 5.07. The SMILES string of the molecule is CCC=CCC=CCC=CCC=CCCCCC(=O)O[C@H](COC(=O)CCCCCCCCCC=CCC=CCCCCC)COP(=O)(O)OCCN. The molecule has 0 saturated heterocycles. The summed E-state index contributed by atoms with van der Waals surface area (Å²) in [5.74, 6) is -0.894. The predicted octanol–water partition coefficient (Wildman–Crippen LogP) is 11.5. The number of esters is 2. The van der Waals surface area contributed by atoms with Crippen molar-refractivity contribution in [1.29, 1.82) is 0 Å². The summed E-state index contributed by atoms with van der Waals surface area (Å²) in [4.78, 5) is 34.8. The van der Waals surface area contributed by atoms with E-state index in [-0.39, 0.29) is 32.6 Å². The quantitative estimate of drug-likeness (QED) is 0.0274. The van der Waals surface area contributed by atoms with Crippen LogP contribution in [0.25, 0.3) is 0 Å². The summed E-state index contributed by atoms with van der Waals surface area (Å²) in [6, 6.07) is 0. The minimum Gasteiger partial charge on any atom is -0.462 e. The molecule has 2 atom stereocenters. The van der Waals surface area contributed by atoms with E-state index in [2.05, 4.69) is 86.8 Å². The Labute approximate surface area is 322 Å². The highest BCUT2D eigenvalue weighted by Crippen LogP contribution is 2.43. The molecule has 0 fully saturated rings. The van der Waals surface area contributed by atoms with Crippen LogP contribution < -0.4 is 5.73 Å². The van der Waals surface area contributed by atoms with Crippen LogP contribution >= 0.6 is 7.82 Å². The van der Waals surface area contributed by atoms with E-state index >= 15 is 0 Å². The van der Waals surface area contributed by atoms with Gasteiger partial charge in [-0.15, -0.1) is 0 Å². The van der Waals surface area contributed by atoms with Crippen molar-refractivity contribution < 1.29 is 37.6 Å². The molecule has 9 nitrogen and oxygen atoms in total. The van der Waals surface area contributed by atoms with Gasteiger partial charge < -0.3 is 20.1 Å². The van der Waals surface area contributed by atoms with Gasteiger partial charge in [0, 0.05) is 19.4 Å². The average molecular weight is 764 g/mol. The number of carbonyl (C=O) groups is 2. The summed E-state index contributed by atoms with van der Waals surface area (Å²) >= 11 is 0. The smallest absolute Gasteiger partial charge is 0.462 e. The van der Waals surface area contributed by atoms with Crippen molar-refractivity contribution in [3.05, 3.63) is 72.9 Å². The lowest BCUT2D eigenvalue weighted by atomic mass is 10.1. The van der Waals surface area contributed by atoms with Crippen molar-refractivity contribution in [3.63, 3.8) is 0 Å². The average Bonchev–Trinajstić information content (AvgIpc) is 3.14. The number of nitrogens with two attached hydrogens (primary N) is 1. The number of hydrogen-bond donors (Lipinski definition) is 2. The maximum absolute atomic E-state index is 12.5. The molecule has 10 heteroatoms. The fourth-order valence-corrected chi connectivity index (χ4v) is 5.83. The summed E-state index contributed by atoms with van der Waals surface area (Å²) in [6.07, 6.45) is 46.5. The molecule has 0 heterocycles. The first kappa shape index (κ1) is 50.5. The van der Waals surface area contributed by atoms with E-state index in [4.69, 9.17) is 24.3 Å². The predicted molar refractivity (Wildman–Crippen MR) is 219 cm³/mol. The molecule has 0 aliphatic heterocycles. The Morgan fingerprint density at radius 2 is 1.04 bits per heavy atom. The molecule has 0 spiro atoms. The number of unbranched alkanes of at least 4 members (excludes halogenated alkanes) is 12. The highest BCUT2D eigenvalue weighted by Gasteiger charge is 2.25. The Morgan fingerprint density at radius 3 is 1.58 bits per heavy atom. The van der Waals surface area contributed by atoms with Crippen LogP contribution in [0.5, 0.6) is 0 Å². The number of phosphoric ester groups is 1. The lowest BCUT2D eigenvalue weighted by molar-refractivity contribution is -0.161. The van der Waals surface area contributed by atoms with Crippen molar-refractivity contribution >= 4 is 19.8 Å². The lowest BCUT2D eigenvalue weighted by Crippen LogP contribution is -2.29. The first-order chi connectivity index (χ1) is 25.8.